The van der Waals surface area contributed by atoms with E-state index in [-0.39, 0.29) is 0 Å². The molecule has 44 valence electrons. The van der Waals surface area contributed by atoms with Crippen molar-refractivity contribution in [2.24, 2.45) is 5.92 Å². The van der Waals surface area contributed by atoms with Gasteiger partial charge in [-0.25, -0.2) is 0 Å². The van der Waals surface area contributed by atoms with Crippen LogP contribution in [0, 0.1) is 5.92 Å². The normalized spacial score (nSPS) is 27.8. The molecule has 0 heterocycles. The number of hydrogen-bond donors (Lipinski definition) is 0. The minimum absolute atomic E-state index is 0.717. The van der Waals surface area contributed by atoms with Crippen molar-refractivity contribution >= 4 is 15.9 Å². The quantitative estimate of drug-likeness (QED) is 0.528. The van der Waals surface area contributed by atoms with E-state index in [0.29, 0.717) is 0 Å². The van der Waals surface area contributed by atoms with E-state index in [0.717, 1.165) is 5.92 Å². The largest absolute Gasteiger partial charge is 0.0829 e. The van der Waals surface area contributed by atoms with E-state index in [4.69, 9.17) is 0 Å². The summed E-state index contributed by atoms with van der Waals surface area (Å²) in [6, 6.07) is 0. The van der Waals surface area contributed by atoms with Crippen molar-refractivity contribution in [3.8, 4) is 0 Å². The Morgan fingerprint density at radius 3 is 2.88 bits per heavy atom. The summed E-state index contributed by atoms with van der Waals surface area (Å²) in [6.07, 6.45) is 7.70. The predicted octanol–water partition coefficient (Wildman–Crippen LogP) is 2.86. The Morgan fingerprint density at radius 1 is 1.75 bits per heavy atom. The van der Waals surface area contributed by atoms with Crippen LogP contribution in [0.2, 0.25) is 0 Å². The van der Waals surface area contributed by atoms with Gasteiger partial charge in [0.2, 0.25) is 0 Å². The zero-order valence-electron chi connectivity index (χ0n) is 4.89. The summed E-state index contributed by atoms with van der Waals surface area (Å²) >= 11 is 3.40. The van der Waals surface area contributed by atoms with Crippen molar-refractivity contribution in [3.05, 3.63) is 22.7 Å². The molecule has 1 aliphatic rings. The van der Waals surface area contributed by atoms with Crippen LogP contribution in [0.15, 0.2) is 22.7 Å². The average Bonchev–Trinajstić information content (AvgIpc) is 1.64. The van der Waals surface area contributed by atoms with E-state index in [1.807, 2.05) is 0 Å². The van der Waals surface area contributed by atoms with Gasteiger partial charge < -0.3 is 0 Å². The van der Waals surface area contributed by atoms with E-state index in [2.05, 4.69) is 41.1 Å². The molecule has 0 N–H and O–H groups in total. The van der Waals surface area contributed by atoms with Crippen LogP contribution in [0.1, 0.15) is 13.3 Å². The van der Waals surface area contributed by atoms with Crippen molar-refractivity contribution in [1.29, 1.82) is 0 Å². The van der Waals surface area contributed by atoms with Gasteiger partial charge in [0.25, 0.3) is 0 Å². The molecule has 8 heavy (non-hydrogen) atoms. The summed E-state index contributed by atoms with van der Waals surface area (Å²) in [5.41, 5.74) is 0. The van der Waals surface area contributed by atoms with Crippen molar-refractivity contribution in [2.75, 3.05) is 0 Å². The van der Waals surface area contributed by atoms with Gasteiger partial charge in [0.1, 0.15) is 0 Å². The fourth-order valence-corrected chi connectivity index (χ4v) is 1.43. The average molecular weight is 173 g/mol. The van der Waals surface area contributed by atoms with Gasteiger partial charge >= 0.3 is 0 Å². The van der Waals surface area contributed by atoms with Crippen LogP contribution in [0.5, 0.6) is 0 Å². The number of hydrogen-bond acceptors (Lipinski definition) is 0. The van der Waals surface area contributed by atoms with Crippen LogP contribution in [-0.4, -0.2) is 0 Å². The first-order chi connectivity index (χ1) is 3.79. The highest BCUT2D eigenvalue weighted by atomic mass is 79.9. The van der Waals surface area contributed by atoms with Crippen LogP contribution < -0.4 is 0 Å². The first kappa shape index (κ1) is 6.09. The Balaban J connectivity index is 2.63. The van der Waals surface area contributed by atoms with Gasteiger partial charge in [-0.2, -0.15) is 0 Å². The lowest BCUT2D eigenvalue weighted by molar-refractivity contribution is 0.735. The molecule has 1 heteroatoms. The molecule has 0 nitrogen and oxygen atoms in total. The van der Waals surface area contributed by atoms with Gasteiger partial charge in [-0.3, -0.25) is 0 Å². The fraction of sp³-hybridized carbons (Fsp3) is 0.429. The van der Waals surface area contributed by atoms with E-state index < -0.39 is 0 Å². The number of allylic oxidation sites excluding steroid dienone is 4. The molecule has 0 aromatic rings. The minimum atomic E-state index is 0.717. The van der Waals surface area contributed by atoms with Crippen molar-refractivity contribution in [3.63, 3.8) is 0 Å². The highest BCUT2D eigenvalue weighted by Crippen LogP contribution is 2.19. The van der Waals surface area contributed by atoms with Crippen LogP contribution in [0.3, 0.4) is 0 Å². The molecule has 0 amide bonds. The van der Waals surface area contributed by atoms with Crippen LogP contribution in [0.4, 0.5) is 0 Å². The second kappa shape index (κ2) is 2.49. The molecule has 0 radical (unpaired) electrons. The molecule has 0 aromatic heterocycles. The molecule has 0 saturated heterocycles. The van der Waals surface area contributed by atoms with Gasteiger partial charge in [-0.05, 0) is 12.3 Å². The Kier molecular flexibility index (Phi) is 1.90. The summed E-state index contributed by atoms with van der Waals surface area (Å²) in [5, 5.41) is 0. The third-order valence-electron chi connectivity index (χ3n) is 1.23. The second-order valence-corrected chi connectivity index (χ2v) is 3.08. The maximum absolute atomic E-state index is 3.40. The molecule has 0 fully saturated rings. The third-order valence-corrected chi connectivity index (χ3v) is 1.76. The molecule has 0 spiro atoms. The Bertz CT molecular complexity index is 133. The molecule has 0 unspecified atom stereocenters. The molecule has 0 aliphatic heterocycles. The van der Waals surface area contributed by atoms with Gasteiger partial charge in [0.15, 0.2) is 0 Å². The summed E-state index contributed by atoms with van der Waals surface area (Å²) in [5.74, 6) is 0.717. The fourth-order valence-electron chi connectivity index (χ4n) is 0.791. The van der Waals surface area contributed by atoms with E-state index in [1.54, 1.807) is 0 Å². The lowest BCUT2D eigenvalue weighted by Crippen LogP contribution is -1.90. The van der Waals surface area contributed by atoms with Crippen LogP contribution in [-0.2, 0) is 0 Å². The van der Waals surface area contributed by atoms with E-state index in [9.17, 15) is 0 Å². The van der Waals surface area contributed by atoms with Gasteiger partial charge in [-0.15, -0.1) is 0 Å². The van der Waals surface area contributed by atoms with Gasteiger partial charge in [0, 0.05) is 4.48 Å². The standard InChI is InChI=1S/C7H9Br/c1-6-3-2-4-7(8)5-6/h2,4-6H,3H2,1H3/t6-/m0/s1. The zero-order valence-corrected chi connectivity index (χ0v) is 6.48. The van der Waals surface area contributed by atoms with Crippen LogP contribution >= 0.6 is 15.9 Å². The molecule has 0 saturated carbocycles. The summed E-state index contributed by atoms with van der Waals surface area (Å²) in [4.78, 5) is 0. The number of rotatable bonds is 0. The van der Waals surface area contributed by atoms with Crippen LogP contribution in [0.25, 0.3) is 0 Å². The molecule has 1 aliphatic carbocycles. The topological polar surface area (TPSA) is 0 Å². The summed E-state index contributed by atoms with van der Waals surface area (Å²) in [7, 11) is 0. The van der Waals surface area contributed by atoms with Crippen molar-refractivity contribution in [2.45, 2.75) is 13.3 Å². The molecular weight excluding hydrogens is 164 g/mol. The van der Waals surface area contributed by atoms with Gasteiger partial charge in [-0.1, -0.05) is 41.1 Å². The van der Waals surface area contributed by atoms with Crippen molar-refractivity contribution in [1.82, 2.24) is 0 Å². The second-order valence-electron chi connectivity index (χ2n) is 2.17. The van der Waals surface area contributed by atoms with Gasteiger partial charge in [0.05, 0.1) is 0 Å². The lowest BCUT2D eigenvalue weighted by atomic mass is 10.0. The lowest BCUT2D eigenvalue weighted by Gasteiger charge is -2.06. The Labute approximate surface area is 58.4 Å². The van der Waals surface area contributed by atoms with E-state index in [1.165, 1.54) is 10.9 Å². The maximum Gasteiger partial charge on any atom is 0.0135 e. The molecule has 0 bridgehead atoms. The monoisotopic (exact) mass is 172 g/mol. The zero-order chi connectivity index (χ0) is 5.98. The number of halogens is 1. The molecule has 1 rings (SSSR count). The summed E-state index contributed by atoms with van der Waals surface area (Å²) in [6.45, 7) is 2.21. The SMILES string of the molecule is C[C@@H]1C=C(Br)C=CC1. The molecule has 0 aromatic carbocycles. The molecule has 1 atom stereocenters. The van der Waals surface area contributed by atoms with E-state index >= 15 is 0 Å². The highest BCUT2D eigenvalue weighted by Gasteiger charge is 1.99. The molecular formula is C7H9Br. The Morgan fingerprint density at radius 2 is 2.50 bits per heavy atom. The predicted molar refractivity (Wildman–Crippen MR) is 39.9 cm³/mol. The maximum atomic E-state index is 3.40. The first-order valence-electron chi connectivity index (χ1n) is 2.83. The first-order valence-corrected chi connectivity index (χ1v) is 3.62. The van der Waals surface area contributed by atoms with Crippen molar-refractivity contribution < 1.29 is 0 Å². The Hall–Kier alpha value is -0.0400. The summed E-state index contributed by atoms with van der Waals surface area (Å²) < 4.78 is 1.22. The smallest absolute Gasteiger partial charge is 0.0135 e. The highest BCUT2D eigenvalue weighted by molar-refractivity contribution is 9.11. The third kappa shape index (κ3) is 1.48. The minimum Gasteiger partial charge on any atom is -0.0829 e.